The zero-order valence-corrected chi connectivity index (χ0v) is 25.7. The highest BCUT2D eigenvalue weighted by Gasteiger charge is 2.19. The van der Waals surface area contributed by atoms with Crippen molar-refractivity contribution in [2.45, 2.75) is 0 Å². The Morgan fingerprint density at radius 3 is 2.12 bits per heavy atom. The van der Waals surface area contributed by atoms with Crippen molar-refractivity contribution in [1.82, 2.24) is 15.0 Å². The molecule has 224 valence electrons. The van der Waals surface area contributed by atoms with Crippen molar-refractivity contribution in [3.63, 3.8) is 0 Å². The summed E-state index contributed by atoms with van der Waals surface area (Å²) in [5.41, 5.74) is 3.16. The Morgan fingerprint density at radius 1 is 0.500 bits per heavy atom. The minimum atomic E-state index is -0.559. The molecule has 0 bridgehead atoms. The second kappa shape index (κ2) is 10.7. The smallest absolute Gasteiger partial charge is 0.164 e. The van der Waals surface area contributed by atoms with Gasteiger partial charge in [0, 0.05) is 53.0 Å². The molecule has 10 rings (SSSR count). The lowest BCUT2D eigenvalue weighted by atomic mass is 9.99. The van der Waals surface area contributed by atoms with E-state index >= 15 is 0 Å². The monoisotopic (exact) mass is 640 g/mol. The van der Waals surface area contributed by atoms with Gasteiger partial charge in [-0.25, -0.2) is 15.0 Å². The fourth-order valence-electron chi connectivity index (χ4n) is 6.29. The summed E-state index contributed by atoms with van der Waals surface area (Å²) in [4.78, 5) is 14.6. The zero-order valence-electron chi connectivity index (χ0n) is 33.9. The van der Waals surface area contributed by atoms with Gasteiger partial charge in [0.2, 0.25) is 0 Å². The van der Waals surface area contributed by atoms with Gasteiger partial charge < -0.3 is 4.42 Å². The third kappa shape index (κ3) is 4.25. The van der Waals surface area contributed by atoms with E-state index in [1.54, 1.807) is 11.3 Å². The lowest BCUT2D eigenvalue weighted by molar-refractivity contribution is 0.672. The molecule has 0 radical (unpaired) electrons. The average molecular weight is 641 g/mol. The summed E-state index contributed by atoms with van der Waals surface area (Å²) in [6.45, 7) is 0. The third-order valence-electron chi connectivity index (χ3n) is 8.48. The van der Waals surface area contributed by atoms with Gasteiger partial charge in [0.25, 0.3) is 0 Å². The van der Waals surface area contributed by atoms with E-state index in [1.807, 2.05) is 66.7 Å². The first-order valence-corrected chi connectivity index (χ1v) is 16.0. The van der Waals surface area contributed by atoms with Gasteiger partial charge in [0.1, 0.15) is 11.2 Å². The molecule has 5 heteroatoms. The minimum absolute atomic E-state index is 0.0216. The average Bonchev–Trinajstić information content (AvgIpc) is 3.82. The largest absolute Gasteiger partial charge is 0.455 e. The molecular weight excluding hydrogens is 607 g/mol. The SMILES string of the molecule is [2H]c1c([2H])c(-c2nc(-c3ccccc3)nc(-c3ccc4c(c3)sc3cccc(-c5ccccc5)c34)n2)c2c(oc3c4c([2H])c([2H])c([2H])c([2H])c4c([2H])c([2H])c32)c1[2H]. The van der Waals surface area contributed by atoms with Crippen molar-refractivity contribution in [2.24, 2.45) is 0 Å². The summed E-state index contributed by atoms with van der Waals surface area (Å²) in [6, 6.07) is 27.4. The normalized spacial score (nSPS) is 14.4. The quantitative estimate of drug-likeness (QED) is 0.192. The van der Waals surface area contributed by atoms with Crippen LogP contribution in [0.2, 0.25) is 0 Å². The van der Waals surface area contributed by atoms with Crippen LogP contribution in [-0.2, 0) is 0 Å². The molecule has 10 aromatic rings. The molecule has 0 aliphatic rings. The van der Waals surface area contributed by atoms with Crippen LogP contribution in [0.5, 0.6) is 0 Å². The molecule has 0 unspecified atom stereocenters. The number of hydrogen-bond donors (Lipinski definition) is 0. The fourth-order valence-corrected chi connectivity index (χ4v) is 7.46. The Bertz CT molecular complexity index is 3350. The lowest BCUT2D eigenvalue weighted by Gasteiger charge is -2.09. The first kappa shape index (κ1) is 19.5. The summed E-state index contributed by atoms with van der Waals surface area (Å²) >= 11 is 1.65. The van der Waals surface area contributed by atoms with Crippen molar-refractivity contribution < 1.29 is 16.8 Å². The number of hydrogen-bond acceptors (Lipinski definition) is 5. The highest BCUT2D eigenvalue weighted by atomic mass is 32.1. The van der Waals surface area contributed by atoms with Crippen molar-refractivity contribution in [1.29, 1.82) is 0 Å². The van der Waals surface area contributed by atoms with E-state index in [4.69, 9.17) is 30.3 Å². The maximum atomic E-state index is 9.23. The summed E-state index contributed by atoms with van der Waals surface area (Å²) in [7, 11) is 0. The highest BCUT2D eigenvalue weighted by Crippen LogP contribution is 2.42. The molecule has 0 saturated heterocycles. The Kier molecular flexibility index (Phi) is 4.34. The van der Waals surface area contributed by atoms with E-state index < -0.39 is 54.4 Å². The van der Waals surface area contributed by atoms with Gasteiger partial charge in [0.05, 0.1) is 12.3 Å². The predicted molar refractivity (Wildman–Crippen MR) is 199 cm³/mol. The molecule has 4 nitrogen and oxygen atoms in total. The molecule has 0 atom stereocenters. The Morgan fingerprint density at radius 2 is 1.27 bits per heavy atom. The van der Waals surface area contributed by atoms with Gasteiger partial charge in [-0.2, -0.15) is 0 Å². The van der Waals surface area contributed by atoms with Crippen LogP contribution in [0.25, 0.3) is 98.2 Å². The summed E-state index contributed by atoms with van der Waals surface area (Å²) in [5.74, 6) is 0.510. The van der Waals surface area contributed by atoms with Crippen molar-refractivity contribution >= 4 is 64.2 Å². The predicted octanol–water partition coefficient (Wildman–Crippen LogP) is 12.0. The van der Waals surface area contributed by atoms with Crippen LogP contribution in [0.3, 0.4) is 0 Å². The van der Waals surface area contributed by atoms with Crippen molar-refractivity contribution in [3.8, 4) is 45.3 Å². The first-order valence-electron chi connectivity index (χ1n) is 19.7. The lowest BCUT2D eigenvalue weighted by Crippen LogP contribution is -2.00. The molecule has 3 aromatic heterocycles. The van der Waals surface area contributed by atoms with E-state index in [-0.39, 0.29) is 55.7 Å². The van der Waals surface area contributed by atoms with Crippen LogP contribution in [-0.4, -0.2) is 15.0 Å². The summed E-state index contributed by atoms with van der Waals surface area (Å²) < 4.78 is 87.2. The molecular formula is C43H25N3OS. The summed E-state index contributed by atoms with van der Waals surface area (Å²) in [5, 5.41) is 1.84. The second-order valence-electron chi connectivity index (χ2n) is 11.3. The second-order valence-corrected chi connectivity index (χ2v) is 12.4. The maximum Gasteiger partial charge on any atom is 0.164 e. The minimum Gasteiger partial charge on any atom is -0.455 e. The topological polar surface area (TPSA) is 51.8 Å². The molecule has 0 aliphatic carbocycles. The van der Waals surface area contributed by atoms with Crippen LogP contribution < -0.4 is 0 Å². The molecule has 0 N–H and O–H groups in total. The van der Waals surface area contributed by atoms with Gasteiger partial charge >= 0.3 is 0 Å². The van der Waals surface area contributed by atoms with E-state index in [2.05, 4.69) is 30.3 Å². The molecule has 0 spiro atoms. The fraction of sp³-hybridized carbons (Fsp3) is 0. The van der Waals surface area contributed by atoms with Gasteiger partial charge in [-0.05, 0) is 40.7 Å². The number of nitrogens with zero attached hydrogens (tertiary/aromatic N) is 3. The third-order valence-corrected chi connectivity index (χ3v) is 9.60. The molecule has 48 heavy (non-hydrogen) atoms. The van der Waals surface area contributed by atoms with E-state index in [9.17, 15) is 1.37 Å². The van der Waals surface area contributed by atoms with Crippen LogP contribution in [0.1, 0.15) is 12.3 Å². The van der Waals surface area contributed by atoms with E-state index in [0.29, 0.717) is 11.1 Å². The molecule has 0 fully saturated rings. The molecule has 0 aliphatic heterocycles. The number of aromatic nitrogens is 3. The molecule has 0 saturated carbocycles. The Labute approximate surface area is 292 Å². The number of benzene rings is 7. The molecule has 7 aromatic carbocycles. The first-order chi connectivity index (χ1) is 27.5. The van der Waals surface area contributed by atoms with Crippen molar-refractivity contribution in [2.75, 3.05) is 0 Å². The maximum absolute atomic E-state index is 9.23. The van der Waals surface area contributed by atoms with Crippen LogP contribution in [0, 0.1) is 0 Å². The standard InChI is InChI=1S/C43H25N3OS/c1-3-11-26(12-4-1)30-17-10-20-36-39(30)32-23-22-29(25-37(32)48-36)42-44-41(28-14-5-2-6-15-28)45-43(46-42)34-18-9-19-35-38(34)33-24-21-27-13-7-8-16-31(27)40(33)47-35/h1-25H/i7D,8D,9D,13D,16D,18D,19D,21D,24D. The van der Waals surface area contributed by atoms with Crippen LogP contribution in [0.4, 0.5) is 0 Å². The molecule has 0 amide bonds. The van der Waals surface area contributed by atoms with Gasteiger partial charge in [-0.3, -0.25) is 0 Å². The van der Waals surface area contributed by atoms with Gasteiger partial charge in [-0.15, -0.1) is 11.3 Å². The van der Waals surface area contributed by atoms with Gasteiger partial charge in [0.15, 0.2) is 17.5 Å². The molecule has 3 heterocycles. The summed E-state index contributed by atoms with van der Waals surface area (Å²) in [6.07, 6.45) is 0. The number of furan rings is 1. The zero-order chi connectivity index (χ0) is 39.4. The Balaban J connectivity index is 1.27. The number of thiophene rings is 1. The van der Waals surface area contributed by atoms with E-state index in [0.717, 1.165) is 31.3 Å². The number of rotatable bonds is 4. The number of fused-ring (bicyclic) bond motifs is 8. The Hall–Kier alpha value is -6.17. The van der Waals surface area contributed by atoms with E-state index in [1.165, 1.54) is 0 Å². The van der Waals surface area contributed by atoms with Crippen LogP contribution in [0.15, 0.2) is 156 Å². The van der Waals surface area contributed by atoms with Crippen LogP contribution >= 0.6 is 11.3 Å². The van der Waals surface area contributed by atoms with Gasteiger partial charge in [-0.1, -0.05) is 127 Å². The van der Waals surface area contributed by atoms with Crippen molar-refractivity contribution in [3.05, 3.63) is 151 Å². The highest BCUT2D eigenvalue weighted by molar-refractivity contribution is 7.26.